The highest BCUT2D eigenvalue weighted by molar-refractivity contribution is 6.91. The Morgan fingerprint density at radius 2 is 1.44 bits per heavy atom. The minimum Gasteiger partial charge on any atom is -0.348 e. The average Bonchev–Trinajstić information content (AvgIpc) is 3.10. The molecule has 1 spiro atoms. The first-order valence-electron chi connectivity index (χ1n) is 9.47. The first-order chi connectivity index (χ1) is 12.1. The van der Waals surface area contributed by atoms with Gasteiger partial charge in [-0.15, -0.1) is 0 Å². The molecule has 2 nitrogen and oxygen atoms in total. The predicted octanol–water partition coefficient (Wildman–Crippen LogP) is 4.68. The molecule has 0 N–H and O–H groups in total. The monoisotopic (exact) mass is 352 g/mol. The van der Waals surface area contributed by atoms with Crippen LogP contribution >= 0.6 is 0 Å². The molecule has 1 saturated heterocycles. The van der Waals surface area contributed by atoms with Gasteiger partial charge in [-0.05, 0) is 23.4 Å². The van der Waals surface area contributed by atoms with Crippen LogP contribution in [-0.4, -0.2) is 27.1 Å². The molecule has 2 aliphatic rings. The van der Waals surface area contributed by atoms with Crippen molar-refractivity contribution in [3.8, 4) is 0 Å². The smallest absolute Gasteiger partial charge is 0.169 e. The van der Waals surface area contributed by atoms with Crippen LogP contribution in [0.4, 0.5) is 0 Å². The van der Waals surface area contributed by atoms with E-state index in [0.717, 1.165) is 26.1 Å². The highest BCUT2D eigenvalue weighted by atomic mass is 28.3. The molecule has 0 amide bonds. The summed E-state index contributed by atoms with van der Waals surface area (Å²) in [6.45, 7) is 6.51. The molecule has 1 aliphatic heterocycles. The number of benzene rings is 2. The number of rotatable bonds is 3. The molecule has 3 heteroatoms. The van der Waals surface area contributed by atoms with E-state index in [9.17, 15) is 0 Å². The molecule has 1 heterocycles. The van der Waals surface area contributed by atoms with Gasteiger partial charge in [0.05, 0.1) is 21.3 Å². The van der Waals surface area contributed by atoms with Crippen LogP contribution in [0.3, 0.4) is 0 Å². The van der Waals surface area contributed by atoms with Crippen molar-refractivity contribution >= 4 is 13.3 Å². The molecule has 0 radical (unpaired) electrons. The van der Waals surface area contributed by atoms with Crippen molar-refractivity contribution in [1.82, 2.24) is 0 Å². The normalized spacial score (nSPS) is 26.0. The summed E-state index contributed by atoms with van der Waals surface area (Å²) in [5.41, 5.74) is 2.09. The number of hydrogen-bond donors (Lipinski definition) is 0. The van der Waals surface area contributed by atoms with Crippen molar-refractivity contribution in [3.05, 3.63) is 66.2 Å². The van der Waals surface area contributed by atoms with E-state index in [2.05, 4.69) is 73.8 Å². The summed E-state index contributed by atoms with van der Waals surface area (Å²) in [5.74, 6) is 0.163. The Kier molecular flexibility index (Phi) is 4.57. The van der Waals surface area contributed by atoms with Crippen LogP contribution in [-0.2, 0) is 9.47 Å². The lowest BCUT2D eigenvalue weighted by atomic mass is 9.80. The maximum Gasteiger partial charge on any atom is 0.169 e. The van der Waals surface area contributed by atoms with E-state index in [0.29, 0.717) is 11.5 Å². The molecule has 2 fully saturated rings. The molecule has 1 saturated carbocycles. The summed E-state index contributed by atoms with van der Waals surface area (Å²) in [5, 5.41) is 1.54. The summed E-state index contributed by atoms with van der Waals surface area (Å²) in [4.78, 5) is 0. The van der Waals surface area contributed by atoms with Crippen LogP contribution in [0.1, 0.15) is 30.7 Å². The zero-order valence-electron chi connectivity index (χ0n) is 15.3. The molecule has 2 aromatic carbocycles. The van der Waals surface area contributed by atoms with E-state index in [1.807, 2.05) is 0 Å². The predicted molar refractivity (Wildman–Crippen MR) is 105 cm³/mol. The van der Waals surface area contributed by atoms with Crippen LogP contribution in [0.2, 0.25) is 18.6 Å². The molecule has 2 aromatic rings. The van der Waals surface area contributed by atoms with Gasteiger partial charge < -0.3 is 9.47 Å². The van der Waals surface area contributed by atoms with Crippen LogP contribution < -0.4 is 5.19 Å². The van der Waals surface area contributed by atoms with Crippen LogP contribution in [0, 0.1) is 0 Å². The van der Waals surface area contributed by atoms with E-state index in [1.165, 1.54) is 12.0 Å². The lowest BCUT2D eigenvalue weighted by Crippen LogP contribution is -2.51. The zero-order chi connectivity index (χ0) is 17.3. The van der Waals surface area contributed by atoms with Gasteiger partial charge in [0.1, 0.15) is 0 Å². The van der Waals surface area contributed by atoms with Gasteiger partial charge in [-0.1, -0.05) is 78.9 Å². The van der Waals surface area contributed by atoms with E-state index in [-0.39, 0.29) is 5.79 Å². The van der Waals surface area contributed by atoms with Gasteiger partial charge in [-0.2, -0.15) is 0 Å². The summed E-state index contributed by atoms with van der Waals surface area (Å²) in [7, 11) is -1.61. The summed E-state index contributed by atoms with van der Waals surface area (Å²) >= 11 is 0. The third kappa shape index (κ3) is 3.33. The van der Waals surface area contributed by atoms with Crippen molar-refractivity contribution in [3.63, 3.8) is 0 Å². The first kappa shape index (κ1) is 17.0. The van der Waals surface area contributed by atoms with Gasteiger partial charge in [-0.3, -0.25) is 0 Å². The maximum atomic E-state index is 6.19. The SMILES string of the molecule is C[Si](C)(c1ccccc1)[C@H]1C[C@@H](c2ccccc2)CC2(C1)OCCO2. The molecule has 0 bridgehead atoms. The fraction of sp³-hybridized carbons (Fsp3) is 0.455. The minimum atomic E-state index is -1.61. The van der Waals surface area contributed by atoms with Crippen molar-refractivity contribution in [2.24, 2.45) is 0 Å². The van der Waals surface area contributed by atoms with Gasteiger partial charge in [0.2, 0.25) is 0 Å². The molecule has 0 aromatic heterocycles. The first-order valence-corrected chi connectivity index (χ1v) is 12.6. The van der Waals surface area contributed by atoms with Crippen LogP contribution in [0.25, 0.3) is 0 Å². The van der Waals surface area contributed by atoms with Gasteiger partial charge in [0.25, 0.3) is 0 Å². The van der Waals surface area contributed by atoms with Gasteiger partial charge in [0, 0.05) is 12.8 Å². The Morgan fingerprint density at radius 1 is 0.840 bits per heavy atom. The maximum absolute atomic E-state index is 6.19. The Morgan fingerprint density at radius 3 is 2.08 bits per heavy atom. The second-order valence-electron chi connectivity index (χ2n) is 8.14. The molecule has 4 rings (SSSR count). The van der Waals surface area contributed by atoms with E-state index >= 15 is 0 Å². The fourth-order valence-corrected chi connectivity index (χ4v) is 7.93. The lowest BCUT2D eigenvalue weighted by Gasteiger charge is -2.46. The molecule has 2 atom stereocenters. The van der Waals surface area contributed by atoms with Crippen molar-refractivity contribution < 1.29 is 9.47 Å². The van der Waals surface area contributed by atoms with Crippen molar-refractivity contribution in [1.29, 1.82) is 0 Å². The van der Waals surface area contributed by atoms with Gasteiger partial charge >= 0.3 is 0 Å². The van der Waals surface area contributed by atoms with Crippen LogP contribution in [0.15, 0.2) is 60.7 Å². The summed E-state index contributed by atoms with van der Waals surface area (Å²) in [6, 6.07) is 22.1. The van der Waals surface area contributed by atoms with Crippen molar-refractivity contribution in [2.45, 2.75) is 49.6 Å². The standard InChI is InChI=1S/C22H28O2Si/c1-25(2,20-11-7-4-8-12-20)21-15-19(18-9-5-3-6-10-18)16-22(17-21)23-13-14-24-22/h3-12,19,21H,13-17H2,1-2H3/t19-,21+/m1/s1. The third-order valence-corrected chi connectivity index (χ3v) is 10.6. The molecular weight excluding hydrogens is 324 g/mol. The average molecular weight is 353 g/mol. The molecule has 0 unspecified atom stereocenters. The zero-order valence-corrected chi connectivity index (χ0v) is 16.3. The second-order valence-corrected chi connectivity index (χ2v) is 13.0. The number of hydrogen-bond acceptors (Lipinski definition) is 2. The lowest BCUT2D eigenvalue weighted by molar-refractivity contribution is -0.180. The topological polar surface area (TPSA) is 18.5 Å². The Labute approximate surface area is 152 Å². The van der Waals surface area contributed by atoms with Crippen molar-refractivity contribution in [2.75, 3.05) is 13.2 Å². The fourth-order valence-electron chi connectivity index (χ4n) is 4.71. The van der Waals surface area contributed by atoms with Crippen LogP contribution in [0.5, 0.6) is 0 Å². The van der Waals surface area contributed by atoms with E-state index in [1.54, 1.807) is 5.19 Å². The summed E-state index contributed by atoms with van der Waals surface area (Å²) in [6.07, 6.45) is 3.28. The highest BCUT2D eigenvalue weighted by Crippen LogP contribution is 2.51. The van der Waals surface area contributed by atoms with E-state index in [4.69, 9.17) is 9.47 Å². The molecule has 25 heavy (non-hydrogen) atoms. The minimum absolute atomic E-state index is 0.359. The molecular formula is C22H28O2Si. The molecule has 132 valence electrons. The Balaban J connectivity index is 1.67. The Bertz CT molecular complexity index is 692. The highest BCUT2D eigenvalue weighted by Gasteiger charge is 2.50. The quantitative estimate of drug-likeness (QED) is 0.747. The third-order valence-electron chi connectivity index (χ3n) is 6.31. The van der Waals surface area contributed by atoms with Gasteiger partial charge in [-0.25, -0.2) is 0 Å². The Hall–Kier alpha value is -1.42. The number of ether oxygens (including phenoxy) is 2. The second kappa shape index (κ2) is 6.71. The van der Waals surface area contributed by atoms with Gasteiger partial charge in [0.15, 0.2) is 5.79 Å². The largest absolute Gasteiger partial charge is 0.348 e. The molecule has 1 aliphatic carbocycles. The summed E-state index contributed by atoms with van der Waals surface area (Å²) < 4.78 is 12.4. The van der Waals surface area contributed by atoms with E-state index < -0.39 is 8.07 Å².